The van der Waals surface area contributed by atoms with Crippen molar-refractivity contribution in [1.82, 2.24) is 0 Å². The lowest BCUT2D eigenvalue weighted by molar-refractivity contribution is -0.0399. The summed E-state index contributed by atoms with van der Waals surface area (Å²) in [6.07, 6.45) is 13.8. The molecule has 0 aromatic heterocycles. The van der Waals surface area contributed by atoms with E-state index in [1.54, 1.807) is 11.1 Å². The molecule has 1 spiro atoms. The van der Waals surface area contributed by atoms with Crippen LogP contribution in [0.1, 0.15) is 109 Å². The predicted octanol–water partition coefficient (Wildman–Crippen LogP) is 19.1. The molecule has 0 heterocycles. The van der Waals surface area contributed by atoms with Crippen molar-refractivity contribution in [1.29, 1.82) is 0 Å². The Kier molecular flexibility index (Phi) is 9.32. The Morgan fingerprint density at radius 2 is 0.740 bits per heavy atom. The van der Waals surface area contributed by atoms with Crippen LogP contribution in [0.2, 0.25) is 0 Å². The van der Waals surface area contributed by atoms with E-state index >= 15 is 0 Å². The molecule has 0 amide bonds. The van der Waals surface area contributed by atoms with E-state index in [9.17, 15) is 0 Å². The van der Waals surface area contributed by atoms with Crippen LogP contribution in [-0.2, 0) is 10.8 Å². The van der Waals surface area contributed by atoms with Gasteiger partial charge in [0.2, 0.25) is 0 Å². The Morgan fingerprint density at radius 1 is 0.315 bits per heavy atom. The molecule has 10 aromatic rings. The first-order chi connectivity index (χ1) is 36.2. The van der Waals surface area contributed by atoms with Gasteiger partial charge in [-0.25, -0.2) is 0 Å². The fourth-order valence-corrected chi connectivity index (χ4v) is 17.3. The average molecular weight is 937 g/mol. The summed E-state index contributed by atoms with van der Waals surface area (Å²) < 4.78 is 0. The summed E-state index contributed by atoms with van der Waals surface area (Å²) in [6.45, 7) is 0. The number of rotatable bonds is 6. The molecule has 0 unspecified atom stereocenters. The second-order valence-electron chi connectivity index (χ2n) is 23.3. The van der Waals surface area contributed by atoms with Gasteiger partial charge in [-0.2, -0.15) is 0 Å². The van der Waals surface area contributed by atoms with Crippen LogP contribution < -0.4 is 0 Å². The van der Waals surface area contributed by atoms with Gasteiger partial charge < -0.3 is 0 Å². The van der Waals surface area contributed by atoms with E-state index in [0.29, 0.717) is 5.92 Å². The summed E-state index contributed by atoms with van der Waals surface area (Å²) in [5, 5.41) is 5.21. The fourth-order valence-electron chi connectivity index (χ4n) is 17.3. The van der Waals surface area contributed by atoms with E-state index in [-0.39, 0.29) is 5.41 Å². The van der Waals surface area contributed by atoms with Crippen LogP contribution in [0.3, 0.4) is 0 Å². The van der Waals surface area contributed by atoms with Crippen molar-refractivity contribution in [2.75, 3.05) is 0 Å². The monoisotopic (exact) mass is 936 g/mol. The van der Waals surface area contributed by atoms with Crippen LogP contribution in [0.25, 0.3) is 77.2 Å². The summed E-state index contributed by atoms with van der Waals surface area (Å²) in [5.74, 6) is 3.99. The van der Waals surface area contributed by atoms with E-state index in [1.165, 1.54) is 169 Å². The predicted molar refractivity (Wildman–Crippen MR) is 304 cm³/mol. The smallest absolute Gasteiger partial charge is 0.0622 e. The second kappa shape index (κ2) is 16.1. The molecule has 0 N–H and O–H groups in total. The van der Waals surface area contributed by atoms with E-state index < -0.39 is 5.41 Å². The second-order valence-corrected chi connectivity index (χ2v) is 23.3. The SMILES string of the molecule is c1ccc(C2(c3ccccc3)c3cc(-c4ccc5c(c4)C4(c6ccccc6-5)C5CC6CC(C5)CC4C6)ccc3-c3ccc(-c4c5ccccc5c(-c5ccc(C6CCCCC6)cc5)c5ccccc45)cc32)cc1. The zero-order valence-corrected chi connectivity index (χ0v) is 41.7. The maximum absolute atomic E-state index is 2.68. The summed E-state index contributed by atoms with van der Waals surface area (Å²) in [6, 6.07) is 83.1. The molecule has 5 fully saturated rings. The first-order valence-electron chi connectivity index (χ1n) is 27.9. The zero-order valence-electron chi connectivity index (χ0n) is 41.7. The lowest BCUT2D eigenvalue weighted by Gasteiger charge is -2.61. The van der Waals surface area contributed by atoms with Gasteiger partial charge in [-0.15, -0.1) is 0 Å². The highest BCUT2D eigenvalue weighted by Crippen LogP contribution is 2.70. The first kappa shape index (κ1) is 42.2. The molecule has 10 aromatic carbocycles. The van der Waals surface area contributed by atoms with Gasteiger partial charge in [-0.3, -0.25) is 0 Å². The minimum absolute atomic E-state index is 0.127. The highest BCUT2D eigenvalue weighted by Gasteiger charge is 2.61. The number of fused-ring (bicyclic) bond motifs is 8. The molecule has 0 nitrogen and oxygen atoms in total. The van der Waals surface area contributed by atoms with Crippen molar-refractivity contribution in [2.24, 2.45) is 23.7 Å². The van der Waals surface area contributed by atoms with Gasteiger partial charge in [-0.05, 0) is 209 Å². The third-order valence-electron chi connectivity index (χ3n) is 19.9. The fraction of sp³-hybridized carbons (Fsp3) is 0.233. The maximum Gasteiger partial charge on any atom is 0.0713 e. The molecule has 0 heteroatoms. The van der Waals surface area contributed by atoms with Crippen LogP contribution in [0.15, 0.2) is 212 Å². The third kappa shape index (κ3) is 5.96. The summed E-state index contributed by atoms with van der Waals surface area (Å²) in [4.78, 5) is 0. The summed E-state index contributed by atoms with van der Waals surface area (Å²) in [7, 11) is 0. The van der Waals surface area contributed by atoms with Gasteiger partial charge in [-0.1, -0.05) is 213 Å². The molecule has 5 saturated carbocycles. The molecular weight excluding hydrogens is 877 g/mol. The Morgan fingerprint density at radius 3 is 1.30 bits per heavy atom. The van der Waals surface area contributed by atoms with Gasteiger partial charge >= 0.3 is 0 Å². The minimum Gasteiger partial charge on any atom is -0.0622 e. The van der Waals surface area contributed by atoms with Gasteiger partial charge in [0.05, 0.1) is 5.41 Å². The van der Waals surface area contributed by atoms with Crippen molar-refractivity contribution in [3.8, 4) is 55.6 Å². The van der Waals surface area contributed by atoms with Crippen LogP contribution in [0.5, 0.6) is 0 Å². The minimum atomic E-state index is -0.555. The first-order valence-corrected chi connectivity index (χ1v) is 27.9. The van der Waals surface area contributed by atoms with Gasteiger partial charge in [0.1, 0.15) is 0 Å². The van der Waals surface area contributed by atoms with Gasteiger partial charge in [0, 0.05) is 5.41 Å². The molecular formula is C73H60. The Bertz CT molecular complexity index is 3700. The van der Waals surface area contributed by atoms with Crippen molar-refractivity contribution in [3.05, 3.63) is 251 Å². The Labute approximate surface area is 430 Å². The van der Waals surface area contributed by atoms with Crippen molar-refractivity contribution in [2.45, 2.75) is 81.0 Å². The summed E-state index contributed by atoms with van der Waals surface area (Å²) >= 11 is 0. The molecule has 0 radical (unpaired) electrons. The molecule has 0 aliphatic heterocycles. The average Bonchev–Trinajstić information content (AvgIpc) is 3.93. The van der Waals surface area contributed by atoms with Gasteiger partial charge in [0.15, 0.2) is 0 Å². The third-order valence-corrected chi connectivity index (χ3v) is 19.9. The summed E-state index contributed by atoms with van der Waals surface area (Å²) in [5.41, 5.74) is 23.1. The lowest BCUT2D eigenvalue weighted by Crippen LogP contribution is -2.55. The van der Waals surface area contributed by atoms with E-state index in [4.69, 9.17) is 0 Å². The topological polar surface area (TPSA) is 0 Å². The normalized spacial score (nSPS) is 22.9. The van der Waals surface area contributed by atoms with E-state index in [0.717, 1.165) is 23.7 Å². The van der Waals surface area contributed by atoms with E-state index in [1.807, 2.05) is 0 Å². The number of hydrogen-bond acceptors (Lipinski definition) is 0. The number of hydrogen-bond donors (Lipinski definition) is 0. The van der Waals surface area contributed by atoms with E-state index in [2.05, 4.69) is 212 Å². The molecule has 73 heavy (non-hydrogen) atoms. The van der Waals surface area contributed by atoms with Crippen molar-refractivity contribution < 1.29 is 0 Å². The van der Waals surface area contributed by atoms with Crippen LogP contribution in [-0.4, -0.2) is 0 Å². The highest BCUT2D eigenvalue weighted by atomic mass is 14.6. The molecule has 352 valence electrons. The lowest BCUT2D eigenvalue weighted by atomic mass is 9.43. The van der Waals surface area contributed by atoms with Crippen molar-refractivity contribution in [3.63, 3.8) is 0 Å². The molecule has 7 aliphatic carbocycles. The van der Waals surface area contributed by atoms with Crippen LogP contribution >= 0.6 is 0 Å². The standard InChI is InChI=1S/C73H60/c1-4-16-48(17-5-1)49-28-30-50(31-29-49)70-62-23-10-12-25-64(62)71(65-26-13-11-24-63(65)70)53-34-37-61-60-36-33-51(43-67(60)72(69(61)45-53,54-18-6-2-7-19-54)55-20-8-3-9-21-55)52-32-35-59-58-22-14-15-27-66(58)73(68(59)44-52)56-39-46-38-47(41-56)42-57(73)40-46/h2-3,6-15,18-37,43-48,56-57H,1,4-5,16-17,38-42H2. The number of benzene rings is 10. The van der Waals surface area contributed by atoms with Crippen LogP contribution in [0, 0.1) is 23.7 Å². The molecule has 17 rings (SSSR count). The quantitative estimate of drug-likeness (QED) is 0.146. The maximum atomic E-state index is 2.68. The molecule has 0 saturated heterocycles. The highest BCUT2D eigenvalue weighted by molar-refractivity contribution is 6.21. The molecule has 4 bridgehead atoms. The van der Waals surface area contributed by atoms with Crippen LogP contribution in [0.4, 0.5) is 0 Å². The largest absolute Gasteiger partial charge is 0.0713 e. The molecule has 7 aliphatic rings. The Hall–Kier alpha value is -7.28. The Balaban J connectivity index is 0.888. The van der Waals surface area contributed by atoms with Gasteiger partial charge in [0.25, 0.3) is 0 Å². The molecule has 0 atom stereocenters. The zero-order chi connectivity index (χ0) is 47.8. The van der Waals surface area contributed by atoms with Crippen molar-refractivity contribution >= 4 is 21.5 Å².